The molecule has 11 N–H and O–H groups in total. The lowest BCUT2D eigenvalue weighted by molar-refractivity contribution is -0.275. The Kier molecular flexibility index (Phi) is 10.5. The van der Waals surface area contributed by atoms with Crippen LogP contribution in [0, 0.1) is 0 Å². The van der Waals surface area contributed by atoms with Crippen molar-refractivity contribution in [3.05, 3.63) is 0 Å². The van der Waals surface area contributed by atoms with Gasteiger partial charge >= 0.3 is 0 Å². The van der Waals surface area contributed by atoms with Gasteiger partial charge in [0.2, 0.25) is 0 Å². The Morgan fingerprint density at radius 2 is 1.13 bits per heavy atom. The number of aliphatic hydroxyl groups is 11. The predicted molar refractivity (Wildman–Crippen MR) is 116 cm³/mol. The van der Waals surface area contributed by atoms with E-state index < -0.39 is 131 Å². The molecule has 18 nitrogen and oxygen atoms in total. The molecule has 4 aliphatic heterocycles. The Morgan fingerprint density at radius 1 is 0.564 bits per heavy atom. The minimum absolute atomic E-state index is 0.498. The molecule has 0 aromatic heterocycles. The van der Waals surface area contributed by atoms with Crippen molar-refractivity contribution in [2.45, 2.75) is 105 Å². The van der Waals surface area contributed by atoms with Crippen molar-refractivity contribution < 1.29 is 89.3 Å². The number of rotatable bonds is 11. The Labute approximate surface area is 221 Å². The van der Waals surface area contributed by atoms with Crippen molar-refractivity contribution in [2.24, 2.45) is 0 Å². The zero-order valence-electron chi connectivity index (χ0n) is 20.4. The number of ether oxygens (including phenoxy) is 7. The minimum Gasteiger partial charge on any atom is -0.394 e. The highest BCUT2D eigenvalue weighted by Crippen LogP contribution is 2.34. The maximum Gasteiger partial charge on any atom is 0.187 e. The van der Waals surface area contributed by atoms with E-state index in [9.17, 15) is 51.1 Å². The van der Waals surface area contributed by atoms with E-state index in [1.807, 2.05) is 0 Å². The zero-order chi connectivity index (χ0) is 28.6. The molecule has 4 rings (SSSR count). The van der Waals surface area contributed by atoms with Gasteiger partial charge < -0.3 is 89.3 Å². The van der Waals surface area contributed by atoms with E-state index in [2.05, 4.69) is 0 Å². The normalized spacial score (nSPS) is 51.2. The van der Waals surface area contributed by atoms with E-state index in [1.54, 1.807) is 0 Å². The van der Waals surface area contributed by atoms with Gasteiger partial charge in [-0.2, -0.15) is 0 Å². The highest BCUT2D eigenvalue weighted by molar-refractivity contribution is 4.96. The van der Waals surface area contributed by atoms with Crippen LogP contribution >= 0.6 is 0 Å². The first kappa shape index (κ1) is 31.2. The smallest absolute Gasteiger partial charge is 0.187 e. The van der Waals surface area contributed by atoms with Crippen molar-refractivity contribution in [3.8, 4) is 0 Å². The van der Waals surface area contributed by atoms with Gasteiger partial charge in [-0.1, -0.05) is 0 Å². The third-order valence-electron chi connectivity index (χ3n) is 7.12. The number of hydrogen-bond acceptors (Lipinski definition) is 18. The number of aliphatic hydroxyl groups excluding tert-OH is 11. The first-order chi connectivity index (χ1) is 18.5. The molecule has 0 unspecified atom stereocenters. The lowest BCUT2D eigenvalue weighted by atomic mass is 10.1. The summed E-state index contributed by atoms with van der Waals surface area (Å²) in [6, 6.07) is 0. The Bertz CT molecular complexity index is 777. The molecule has 0 bridgehead atoms. The van der Waals surface area contributed by atoms with E-state index in [0.717, 1.165) is 0 Å². The summed E-state index contributed by atoms with van der Waals surface area (Å²) < 4.78 is 37.9. The van der Waals surface area contributed by atoms with Crippen LogP contribution in [-0.2, 0) is 33.2 Å². The van der Waals surface area contributed by atoms with Crippen molar-refractivity contribution in [2.75, 3.05) is 26.4 Å². The molecule has 0 aromatic carbocycles. The summed E-state index contributed by atoms with van der Waals surface area (Å²) in [6.07, 6.45) is -25.6. The summed E-state index contributed by atoms with van der Waals surface area (Å²) in [4.78, 5) is 0. The highest BCUT2D eigenvalue weighted by atomic mass is 16.8. The molecule has 4 saturated heterocycles. The van der Waals surface area contributed by atoms with E-state index in [0.29, 0.717) is 0 Å². The fourth-order valence-electron chi connectivity index (χ4n) is 4.82. The van der Waals surface area contributed by atoms with Crippen LogP contribution in [-0.4, -0.2) is 187 Å². The quantitative estimate of drug-likeness (QED) is 0.109. The first-order valence-corrected chi connectivity index (χ1v) is 12.3. The van der Waals surface area contributed by atoms with Gasteiger partial charge in [-0.3, -0.25) is 0 Å². The Morgan fingerprint density at radius 3 is 1.72 bits per heavy atom. The van der Waals surface area contributed by atoms with Crippen molar-refractivity contribution >= 4 is 0 Å². The van der Waals surface area contributed by atoms with Gasteiger partial charge in [-0.25, -0.2) is 0 Å². The van der Waals surface area contributed by atoms with Crippen LogP contribution in [0.1, 0.15) is 0 Å². The minimum atomic E-state index is -1.75. The monoisotopic (exact) mass is 576 g/mol. The van der Waals surface area contributed by atoms with E-state index in [1.165, 1.54) is 0 Å². The molecule has 18 heteroatoms. The molecule has 0 saturated carbocycles. The predicted octanol–water partition coefficient (Wildman–Crippen LogP) is -7.83. The largest absolute Gasteiger partial charge is 0.394 e. The van der Waals surface area contributed by atoms with Crippen LogP contribution in [0.3, 0.4) is 0 Å². The maximum atomic E-state index is 11.0. The summed E-state index contributed by atoms with van der Waals surface area (Å²) in [5.74, 6) is 0. The molecule has 0 amide bonds. The van der Waals surface area contributed by atoms with Gasteiger partial charge in [0.15, 0.2) is 25.2 Å². The third-order valence-corrected chi connectivity index (χ3v) is 7.12. The molecule has 17 atom stereocenters. The van der Waals surface area contributed by atoms with Crippen LogP contribution < -0.4 is 0 Å². The first-order valence-electron chi connectivity index (χ1n) is 12.3. The van der Waals surface area contributed by atoms with Crippen molar-refractivity contribution in [1.29, 1.82) is 0 Å². The van der Waals surface area contributed by atoms with Gasteiger partial charge in [0.1, 0.15) is 79.4 Å². The molecular formula is C21H36O18. The molecule has 0 radical (unpaired) electrons. The van der Waals surface area contributed by atoms with Gasteiger partial charge in [0.05, 0.1) is 26.4 Å². The average Bonchev–Trinajstić information content (AvgIpc) is 3.57. The molecule has 0 spiro atoms. The van der Waals surface area contributed by atoms with E-state index in [4.69, 9.17) is 38.3 Å². The topological polar surface area (TPSA) is 287 Å². The second kappa shape index (κ2) is 13.1. The summed E-state index contributed by atoms with van der Waals surface area (Å²) >= 11 is 0. The maximum absolute atomic E-state index is 11.0. The second-order valence-corrected chi connectivity index (χ2v) is 9.71. The summed E-state index contributed by atoms with van der Waals surface area (Å²) in [7, 11) is 0. The Balaban J connectivity index is 1.47. The molecule has 0 aromatic rings. The van der Waals surface area contributed by atoms with Crippen LogP contribution in [0.5, 0.6) is 0 Å². The van der Waals surface area contributed by atoms with Crippen LogP contribution in [0.2, 0.25) is 0 Å². The molecule has 39 heavy (non-hydrogen) atoms. The van der Waals surface area contributed by atoms with Gasteiger partial charge in [-0.15, -0.1) is 0 Å². The molecular weight excluding hydrogens is 540 g/mol. The van der Waals surface area contributed by atoms with Gasteiger partial charge in [0.25, 0.3) is 0 Å². The summed E-state index contributed by atoms with van der Waals surface area (Å²) in [5.41, 5.74) is 0. The van der Waals surface area contributed by atoms with Crippen molar-refractivity contribution in [3.63, 3.8) is 0 Å². The molecule has 0 aliphatic carbocycles. The number of hydrogen-bond donors (Lipinski definition) is 11. The van der Waals surface area contributed by atoms with E-state index in [-0.39, 0.29) is 0 Å². The summed E-state index contributed by atoms with van der Waals surface area (Å²) in [6.45, 7) is -2.55. The fourth-order valence-corrected chi connectivity index (χ4v) is 4.82. The van der Waals surface area contributed by atoms with E-state index >= 15 is 0 Å². The summed E-state index contributed by atoms with van der Waals surface area (Å²) in [5, 5.41) is 109. The van der Waals surface area contributed by atoms with Crippen LogP contribution in [0.15, 0.2) is 0 Å². The zero-order valence-corrected chi connectivity index (χ0v) is 20.4. The Hall–Kier alpha value is -0.720. The molecule has 4 heterocycles. The SMILES string of the molecule is OC[C@@H](O)[C@@H]1O[C@@H](O[C@H]2[C@@H](O[C@@H]3[C@@H](O)[C@H](CO)O[C@H]3O)O[C@@H](CO[C@@H]3O[C@@H](CO)[C@H](O)[C@H]3O)[C@@H]2O)[C@H](O)[C@H]1O. The van der Waals surface area contributed by atoms with Crippen LogP contribution in [0.25, 0.3) is 0 Å². The molecule has 228 valence electrons. The highest BCUT2D eigenvalue weighted by Gasteiger charge is 2.55. The lowest BCUT2D eigenvalue weighted by Gasteiger charge is -2.28. The van der Waals surface area contributed by atoms with Gasteiger partial charge in [0, 0.05) is 0 Å². The second-order valence-electron chi connectivity index (χ2n) is 9.71. The van der Waals surface area contributed by atoms with Gasteiger partial charge in [-0.05, 0) is 0 Å². The third kappa shape index (κ3) is 6.23. The molecule has 4 aliphatic rings. The average molecular weight is 577 g/mol. The lowest BCUT2D eigenvalue weighted by Crippen LogP contribution is -2.46. The van der Waals surface area contributed by atoms with Crippen molar-refractivity contribution in [1.82, 2.24) is 0 Å². The van der Waals surface area contributed by atoms with Crippen LogP contribution in [0.4, 0.5) is 0 Å². The fraction of sp³-hybridized carbons (Fsp3) is 1.00. The standard InChI is InChI=1S/C21H36O18/c22-1-5(25)15-12(29)14(31)20(37-15)39-17-11(28)8(4-33-19-13(30)9(26)6(2-23)35-19)36-21(17)38-16-10(27)7(3-24)34-18(16)32/h5-32H,1-4H2/t5-,6+,7+,8+,9+,10+,11+,12-,13-,14-,15+,16-,17-,18-,19-,20+,21-/m1/s1. The molecule has 4 fully saturated rings.